The fourth-order valence-electron chi connectivity index (χ4n) is 2.22. The van der Waals surface area contributed by atoms with Gasteiger partial charge in [-0.3, -0.25) is 4.40 Å². The van der Waals surface area contributed by atoms with Crippen molar-refractivity contribution in [2.45, 2.75) is 6.92 Å². The number of nitrogens with two attached hydrogens (primary N) is 1. The zero-order chi connectivity index (χ0) is 15.0. The van der Waals surface area contributed by atoms with E-state index in [1.165, 1.54) is 0 Å². The zero-order valence-electron chi connectivity index (χ0n) is 12.1. The van der Waals surface area contributed by atoms with Crippen molar-refractivity contribution >= 4 is 11.3 Å². The molecule has 108 valence electrons. The number of aromatic nitrogens is 3. The van der Waals surface area contributed by atoms with Crippen molar-refractivity contribution < 1.29 is 9.47 Å². The predicted molar refractivity (Wildman–Crippen MR) is 80.7 cm³/mol. The Bertz CT molecular complexity index is 811. The molecule has 6 heteroatoms. The molecule has 2 aromatic heterocycles. The molecule has 0 unspecified atom stereocenters. The van der Waals surface area contributed by atoms with Gasteiger partial charge in [0.25, 0.3) is 0 Å². The second-order valence-corrected chi connectivity index (χ2v) is 4.73. The number of anilines is 1. The number of pyridine rings is 1. The maximum absolute atomic E-state index is 5.97. The Kier molecular flexibility index (Phi) is 3.13. The normalized spacial score (nSPS) is 10.8. The van der Waals surface area contributed by atoms with Gasteiger partial charge in [-0.05, 0) is 36.8 Å². The summed E-state index contributed by atoms with van der Waals surface area (Å²) in [7, 11) is 3.21. The lowest BCUT2D eigenvalue weighted by atomic mass is 10.2. The van der Waals surface area contributed by atoms with Gasteiger partial charge in [-0.25, -0.2) is 0 Å². The first-order valence-electron chi connectivity index (χ1n) is 6.47. The second-order valence-electron chi connectivity index (χ2n) is 4.73. The Morgan fingerprint density at radius 1 is 1.05 bits per heavy atom. The van der Waals surface area contributed by atoms with Crippen molar-refractivity contribution in [3.05, 3.63) is 36.0 Å². The van der Waals surface area contributed by atoms with Gasteiger partial charge >= 0.3 is 0 Å². The molecule has 0 aliphatic heterocycles. The van der Waals surface area contributed by atoms with E-state index >= 15 is 0 Å². The minimum absolute atomic E-state index is 0.645. The van der Waals surface area contributed by atoms with Crippen LogP contribution in [-0.4, -0.2) is 28.8 Å². The quantitative estimate of drug-likeness (QED) is 0.798. The lowest BCUT2D eigenvalue weighted by Gasteiger charge is -2.09. The molecule has 0 saturated carbocycles. The topological polar surface area (TPSA) is 74.7 Å². The van der Waals surface area contributed by atoms with Crippen LogP contribution < -0.4 is 15.2 Å². The number of benzene rings is 1. The van der Waals surface area contributed by atoms with Gasteiger partial charge in [-0.1, -0.05) is 0 Å². The standard InChI is InChI=1S/C15H16N4O2/c1-9-6-14-17-18-15(19(14)8-11(9)16)10-4-5-12(20-2)13(7-10)21-3/h4-8H,16H2,1-3H3. The Balaban J connectivity index is 2.18. The molecule has 0 atom stereocenters. The number of methoxy groups -OCH3 is 2. The molecule has 2 heterocycles. The van der Waals surface area contributed by atoms with E-state index in [1.807, 2.05) is 41.8 Å². The second kappa shape index (κ2) is 4.97. The molecule has 0 aliphatic carbocycles. The van der Waals surface area contributed by atoms with E-state index in [0.717, 1.165) is 16.8 Å². The monoisotopic (exact) mass is 284 g/mol. The molecular formula is C15H16N4O2. The van der Waals surface area contributed by atoms with E-state index in [2.05, 4.69) is 10.2 Å². The SMILES string of the molecule is COc1ccc(-c2nnc3cc(C)c(N)cn23)cc1OC. The lowest BCUT2D eigenvalue weighted by molar-refractivity contribution is 0.355. The summed E-state index contributed by atoms with van der Waals surface area (Å²) in [5, 5.41) is 8.42. The van der Waals surface area contributed by atoms with Crippen molar-refractivity contribution in [3.8, 4) is 22.9 Å². The highest BCUT2D eigenvalue weighted by Gasteiger charge is 2.12. The van der Waals surface area contributed by atoms with E-state index in [-0.39, 0.29) is 0 Å². The third kappa shape index (κ3) is 2.14. The Labute approximate surface area is 122 Å². The molecule has 3 rings (SSSR count). The van der Waals surface area contributed by atoms with Gasteiger partial charge < -0.3 is 15.2 Å². The summed E-state index contributed by atoms with van der Waals surface area (Å²) in [6.07, 6.45) is 1.83. The Morgan fingerprint density at radius 3 is 2.52 bits per heavy atom. The highest BCUT2D eigenvalue weighted by molar-refractivity contribution is 5.65. The van der Waals surface area contributed by atoms with E-state index < -0.39 is 0 Å². The zero-order valence-corrected chi connectivity index (χ0v) is 12.1. The first-order chi connectivity index (χ1) is 10.1. The van der Waals surface area contributed by atoms with E-state index in [0.29, 0.717) is 23.0 Å². The van der Waals surface area contributed by atoms with E-state index in [4.69, 9.17) is 15.2 Å². The van der Waals surface area contributed by atoms with Gasteiger partial charge in [-0.2, -0.15) is 0 Å². The fraction of sp³-hybridized carbons (Fsp3) is 0.200. The number of ether oxygens (including phenoxy) is 2. The van der Waals surface area contributed by atoms with Crippen LogP contribution in [0.4, 0.5) is 5.69 Å². The molecule has 0 bridgehead atoms. The van der Waals surface area contributed by atoms with Crippen molar-refractivity contribution in [1.82, 2.24) is 14.6 Å². The highest BCUT2D eigenvalue weighted by Crippen LogP contribution is 2.32. The summed E-state index contributed by atoms with van der Waals surface area (Å²) in [6.45, 7) is 1.94. The molecular weight excluding hydrogens is 268 g/mol. The Morgan fingerprint density at radius 2 is 1.81 bits per heavy atom. The fourth-order valence-corrected chi connectivity index (χ4v) is 2.22. The number of fused-ring (bicyclic) bond motifs is 1. The van der Waals surface area contributed by atoms with Gasteiger partial charge in [0.15, 0.2) is 23.0 Å². The molecule has 3 aromatic rings. The summed E-state index contributed by atoms with van der Waals surface area (Å²) in [5.41, 5.74) is 9.29. The number of rotatable bonds is 3. The highest BCUT2D eigenvalue weighted by atomic mass is 16.5. The molecule has 21 heavy (non-hydrogen) atoms. The van der Waals surface area contributed by atoms with Gasteiger partial charge in [0.2, 0.25) is 0 Å². The number of hydrogen-bond donors (Lipinski definition) is 1. The van der Waals surface area contributed by atoms with Gasteiger partial charge in [0.05, 0.1) is 19.9 Å². The summed E-state index contributed by atoms with van der Waals surface area (Å²) in [5.74, 6) is 2.02. The molecule has 1 aromatic carbocycles. The summed E-state index contributed by atoms with van der Waals surface area (Å²) in [4.78, 5) is 0. The molecule has 0 fully saturated rings. The van der Waals surface area contributed by atoms with Crippen LogP contribution in [0.15, 0.2) is 30.5 Å². The smallest absolute Gasteiger partial charge is 0.168 e. The third-order valence-electron chi connectivity index (χ3n) is 3.43. The summed E-state index contributed by atoms with van der Waals surface area (Å²) < 4.78 is 12.4. The maximum Gasteiger partial charge on any atom is 0.168 e. The average molecular weight is 284 g/mol. The number of hydrogen-bond acceptors (Lipinski definition) is 5. The van der Waals surface area contributed by atoms with E-state index in [9.17, 15) is 0 Å². The van der Waals surface area contributed by atoms with E-state index in [1.54, 1.807) is 14.2 Å². The first-order valence-corrected chi connectivity index (χ1v) is 6.47. The van der Waals surface area contributed by atoms with Gasteiger partial charge in [-0.15, -0.1) is 10.2 Å². The average Bonchev–Trinajstić information content (AvgIpc) is 2.89. The van der Waals surface area contributed by atoms with Crippen molar-refractivity contribution in [1.29, 1.82) is 0 Å². The third-order valence-corrected chi connectivity index (χ3v) is 3.43. The minimum atomic E-state index is 0.645. The van der Waals surface area contributed by atoms with Crippen molar-refractivity contribution in [2.75, 3.05) is 20.0 Å². The predicted octanol–water partition coefficient (Wildman–Crippen LogP) is 2.30. The van der Waals surface area contributed by atoms with Crippen molar-refractivity contribution in [3.63, 3.8) is 0 Å². The molecule has 0 saturated heterocycles. The van der Waals surface area contributed by atoms with Crippen LogP contribution in [0.1, 0.15) is 5.56 Å². The summed E-state index contributed by atoms with van der Waals surface area (Å²) in [6, 6.07) is 7.53. The number of nitrogens with zero attached hydrogens (tertiary/aromatic N) is 3. The number of aryl methyl sites for hydroxylation is 1. The van der Waals surface area contributed by atoms with Crippen LogP contribution in [0.2, 0.25) is 0 Å². The molecule has 0 amide bonds. The molecule has 0 aliphatic rings. The van der Waals surface area contributed by atoms with Crippen LogP contribution in [-0.2, 0) is 0 Å². The summed E-state index contributed by atoms with van der Waals surface area (Å²) >= 11 is 0. The first kappa shape index (κ1) is 13.2. The lowest BCUT2D eigenvalue weighted by Crippen LogP contribution is -1.97. The molecule has 0 spiro atoms. The van der Waals surface area contributed by atoms with Gasteiger partial charge in [0, 0.05) is 11.8 Å². The molecule has 2 N–H and O–H groups in total. The molecule has 0 radical (unpaired) electrons. The number of nitrogen functional groups attached to an aromatic ring is 1. The largest absolute Gasteiger partial charge is 0.493 e. The van der Waals surface area contributed by atoms with Crippen LogP contribution in [0, 0.1) is 6.92 Å². The van der Waals surface area contributed by atoms with Crippen LogP contribution in [0.3, 0.4) is 0 Å². The van der Waals surface area contributed by atoms with Crippen LogP contribution >= 0.6 is 0 Å². The Hall–Kier alpha value is -2.76. The van der Waals surface area contributed by atoms with Crippen molar-refractivity contribution in [2.24, 2.45) is 0 Å². The molecule has 6 nitrogen and oxygen atoms in total. The minimum Gasteiger partial charge on any atom is -0.493 e. The van der Waals surface area contributed by atoms with Gasteiger partial charge in [0.1, 0.15) is 0 Å². The van der Waals surface area contributed by atoms with Crippen LogP contribution in [0.25, 0.3) is 17.0 Å². The van der Waals surface area contributed by atoms with Crippen LogP contribution in [0.5, 0.6) is 11.5 Å². The maximum atomic E-state index is 5.97.